The molecule has 0 aliphatic rings. The molecule has 3 aromatic rings. The highest BCUT2D eigenvalue weighted by Crippen LogP contribution is 2.27. The number of aryl methyl sites for hydroxylation is 1. The fraction of sp³-hybridized carbons (Fsp3) is 0.348. The monoisotopic (exact) mass is 410 g/mol. The van der Waals surface area contributed by atoms with Crippen LogP contribution in [0.5, 0.6) is 0 Å². The van der Waals surface area contributed by atoms with Gasteiger partial charge in [-0.3, -0.25) is 9.59 Å². The summed E-state index contributed by atoms with van der Waals surface area (Å²) in [5, 5.41) is 3.79. The maximum Gasteiger partial charge on any atom is 0.306 e. The molecule has 2 atom stereocenters. The van der Waals surface area contributed by atoms with Gasteiger partial charge in [0, 0.05) is 12.1 Å². The van der Waals surface area contributed by atoms with Crippen LogP contribution < -0.4 is 5.32 Å². The first-order valence-electron chi connectivity index (χ1n) is 9.91. The Morgan fingerprint density at radius 3 is 2.59 bits per heavy atom. The highest BCUT2D eigenvalue weighted by molar-refractivity contribution is 7.18. The highest BCUT2D eigenvalue weighted by atomic mass is 32.1. The van der Waals surface area contributed by atoms with Crippen molar-refractivity contribution < 1.29 is 14.3 Å². The van der Waals surface area contributed by atoms with E-state index in [1.165, 1.54) is 0 Å². The molecule has 1 N–H and O–H groups in total. The molecule has 0 saturated heterocycles. The number of esters is 1. The summed E-state index contributed by atoms with van der Waals surface area (Å²) >= 11 is 1.57. The Kier molecular flexibility index (Phi) is 6.99. The molecule has 0 aliphatic heterocycles. The third-order valence-corrected chi connectivity index (χ3v) is 6.02. The highest BCUT2D eigenvalue weighted by Gasteiger charge is 2.20. The lowest BCUT2D eigenvalue weighted by Gasteiger charge is -2.18. The molecule has 0 fully saturated rings. The van der Waals surface area contributed by atoms with Crippen LogP contribution in [0.4, 0.5) is 5.69 Å². The summed E-state index contributed by atoms with van der Waals surface area (Å²) in [4.78, 5) is 29.2. The van der Waals surface area contributed by atoms with E-state index in [4.69, 9.17) is 4.74 Å². The van der Waals surface area contributed by atoms with Gasteiger partial charge >= 0.3 is 5.97 Å². The lowest BCUT2D eigenvalue weighted by molar-refractivity contribution is -0.153. The summed E-state index contributed by atoms with van der Waals surface area (Å²) < 4.78 is 6.43. The second-order valence-corrected chi connectivity index (χ2v) is 8.21. The van der Waals surface area contributed by atoms with Crippen LogP contribution in [0.25, 0.3) is 10.2 Å². The number of carbonyl (C=O) groups is 2. The van der Waals surface area contributed by atoms with E-state index >= 15 is 0 Å². The molecular formula is C23H26N2O3S. The molecule has 152 valence electrons. The van der Waals surface area contributed by atoms with Crippen molar-refractivity contribution in [3.63, 3.8) is 0 Å². The van der Waals surface area contributed by atoms with E-state index in [0.717, 1.165) is 32.9 Å². The molecule has 1 amide bonds. The molecule has 2 aromatic carbocycles. The van der Waals surface area contributed by atoms with Gasteiger partial charge in [0.1, 0.15) is 0 Å². The lowest BCUT2D eigenvalue weighted by atomic mass is 9.97. The topological polar surface area (TPSA) is 68.3 Å². The van der Waals surface area contributed by atoms with Crippen LogP contribution in [0.15, 0.2) is 48.5 Å². The zero-order chi connectivity index (χ0) is 20.8. The third kappa shape index (κ3) is 5.41. The zero-order valence-corrected chi connectivity index (χ0v) is 17.8. The van der Waals surface area contributed by atoms with Crippen LogP contribution in [0.2, 0.25) is 0 Å². The molecule has 6 heteroatoms. The number of benzene rings is 2. The number of para-hydroxylation sites is 2. The molecule has 0 radical (unpaired) electrons. The number of rotatable bonds is 8. The van der Waals surface area contributed by atoms with Gasteiger partial charge in [0.15, 0.2) is 6.10 Å². The normalized spacial score (nSPS) is 13.1. The van der Waals surface area contributed by atoms with Crippen molar-refractivity contribution in [3.8, 4) is 0 Å². The summed E-state index contributed by atoms with van der Waals surface area (Å²) in [6.45, 7) is 5.83. The molecule has 1 heterocycles. The molecule has 5 nitrogen and oxygen atoms in total. The fourth-order valence-electron chi connectivity index (χ4n) is 3.04. The maximum atomic E-state index is 12.5. The Morgan fingerprint density at radius 2 is 1.83 bits per heavy atom. The molecule has 1 aromatic heterocycles. The van der Waals surface area contributed by atoms with Crippen LogP contribution in [-0.2, 0) is 20.7 Å². The standard InChI is InChI=1S/C23H26N2O3S/c1-4-15(2)17-9-5-6-10-18(17)25-23(27)16(3)28-22(26)14-13-21-24-19-11-7-8-12-20(19)29-21/h5-12,15-16H,4,13-14H2,1-3H3,(H,25,27)/t15-,16+/m1/s1. The predicted molar refractivity (Wildman–Crippen MR) is 117 cm³/mol. The largest absolute Gasteiger partial charge is 0.453 e. The van der Waals surface area contributed by atoms with Gasteiger partial charge in [-0.25, -0.2) is 4.98 Å². The van der Waals surface area contributed by atoms with E-state index in [9.17, 15) is 9.59 Å². The van der Waals surface area contributed by atoms with Crippen LogP contribution >= 0.6 is 11.3 Å². The van der Waals surface area contributed by atoms with Crippen LogP contribution in [0.3, 0.4) is 0 Å². The van der Waals surface area contributed by atoms with Crippen molar-refractivity contribution >= 4 is 39.1 Å². The summed E-state index contributed by atoms with van der Waals surface area (Å²) in [6, 6.07) is 15.6. The zero-order valence-electron chi connectivity index (χ0n) is 17.0. The van der Waals surface area contributed by atoms with E-state index in [1.807, 2.05) is 48.5 Å². The number of aromatic nitrogens is 1. The Bertz CT molecular complexity index is 965. The van der Waals surface area contributed by atoms with Gasteiger partial charge in [-0.15, -0.1) is 11.3 Å². The minimum atomic E-state index is -0.858. The minimum Gasteiger partial charge on any atom is -0.453 e. The number of amides is 1. The Labute approximate surface area is 175 Å². The third-order valence-electron chi connectivity index (χ3n) is 4.92. The molecule has 3 rings (SSSR count). The smallest absolute Gasteiger partial charge is 0.306 e. The number of hydrogen-bond donors (Lipinski definition) is 1. The summed E-state index contributed by atoms with van der Waals surface area (Å²) in [6.07, 6.45) is 0.816. The van der Waals surface area contributed by atoms with Crippen LogP contribution in [-0.4, -0.2) is 23.0 Å². The number of nitrogens with one attached hydrogen (secondary N) is 1. The number of hydrogen-bond acceptors (Lipinski definition) is 5. The average molecular weight is 411 g/mol. The number of carbonyl (C=O) groups excluding carboxylic acids is 2. The Hall–Kier alpha value is -2.73. The fourth-order valence-corrected chi connectivity index (χ4v) is 4.01. The molecule has 29 heavy (non-hydrogen) atoms. The molecule has 0 saturated carbocycles. The van der Waals surface area contributed by atoms with Crippen molar-refractivity contribution in [1.82, 2.24) is 4.98 Å². The van der Waals surface area contributed by atoms with Crippen molar-refractivity contribution in [2.45, 2.75) is 52.1 Å². The second-order valence-electron chi connectivity index (χ2n) is 7.09. The number of nitrogens with zero attached hydrogens (tertiary/aromatic N) is 1. The van der Waals surface area contributed by atoms with Gasteiger partial charge in [-0.2, -0.15) is 0 Å². The van der Waals surface area contributed by atoms with E-state index < -0.39 is 12.1 Å². The van der Waals surface area contributed by atoms with Crippen molar-refractivity contribution in [2.24, 2.45) is 0 Å². The van der Waals surface area contributed by atoms with E-state index in [0.29, 0.717) is 12.3 Å². The van der Waals surface area contributed by atoms with E-state index in [2.05, 4.69) is 24.1 Å². The summed E-state index contributed by atoms with van der Waals surface area (Å²) in [5.74, 6) is -0.394. The van der Waals surface area contributed by atoms with Crippen molar-refractivity contribution in [2.75, 3.05) is 5.32 Å². The predicted octanol–water partition coefficient (Wildman–Crippen LogP) is 5.31. The van der Waals surface area contributed by atoms with Crippen LogP contribution in [0, 0.1) is 0 Å². The van der Waals surface area contributed by atoms with Crippen molar-refractivity contribution in [3.05, 3.63) is 59.1 Å². The van der Waals surface area contributed by atoms with Crippen LogP contribution in [0.1, 0.15) is 50.1 Å². The second kappa shape index (κ2) is 9.65. The van der Waals surface area contributed by atoms with Gasteiger partial charge in [0.2, 0.25) is 0 Å². The van der Waals surface area contributed by atoms with E-state index in [1.54, 1.807) is 18.3 Å². The van der Waals surface area contributed by atoms with Gasteiger partial charge < -0.3 is 10.1 Å². The summed E-state index contributed by atoms with van der Waals surface area (Å²) in [7, 11) is 0. The van der Waals surface area contributed by atoms with E-state index in [-0.39, 0.29) is 12.3 Å². The number of anilines is 1. The van der Waals surface area contributed by atoms with Crippen molar-refractivity contribution in [1.29, 1.82) is 0 Å². The van der Waals surface area contributed by atoms with Gasteiger partial charge in [-0.1, -0.05) is 44.2 Å². The molecule has 0 unspecified atom stereocenters. The average Bonchev–Trinajstić information content (AvgIpc) is 3.15. The first-order valence-corrected chi connectivity index (χ1v) is 10.7. The minimum absolute atomic E-state index is 0.195. The number of thiazole rings is 1. The molecule has 0 aliphatic carbocycles. The first kappa shape index (κ1) is 21.0. The summed E-state index contributed by atoms with van der Waals surface area (Å²) in [5.41, 5.74) is 2.79. The SMILES string of the molecule is CC[C@@H](C)c1ccccc1NC(=O)[C@H](C)OC(=O)CCc1nc2ccccc2s1. The number of fused-ring (bicyclic) bond motifs is 1. The Balaban J connectivity index is 1.53. The maximum absolute atomic E-state index is 12.5. The number of ether oxygens (including phenoxy) is 1. The van der Waals surface area contributed by atoms with Gasteiger partial charge in [0.05, 0.1) is 21.6 Å². The van der Waals surface area contributed by atoms with Gasteiger partial charge in [-0.05, 0) is 43.0 Å². The van der Waals surface area contributed by atoms with Gasteiger partial charge in [0.25, 0.3) is 5.91 Å². The molecule has 0 bridgehead atoms. The quantitative estimate of drug-likeness (QED) is 0.511. The molecular weight excluding hydrogens is 384 g/mol. The molecule has 0 spiro atoms. The Morgan fingerprint density at radius 1 is 1.10 bits per heavy atom. The first-order chi connectivity index (χ1) is 14.0. The lowest BCUT2D eigenvalue weighted by Crippen LogP contribution is -2.30.